The molecule has 27 heavy (non-hydrogen) atoms. The van der Waals surface area contributed by atoms with Gasteiger partial charge in [-0.05, 0) is 62.7 Å². The summed E-state index contributed by atoms with van der Waals surface area (Å²) in [6.45, 7) is 6.41. The molecular formula is C21H26FN3OS. The first kappa shape index (κ1) is 18.6. The number of hydrogen-bond donors (Lipinski definition) is 0. The molecule has 0 aliphatic carbocycles. The van der Waals surface area contributed by atoms with Crippen molar-refractivity contribution in [3.05, 3.63) is 51.7 Å². The molecule has 0 radical (unpaired) electrons. The number of likely N-dealkylation sites (tertiary alicyclic amines) is 2. The van der Waals surface area contributed by atoms with Crippen molar-refractivity contribution in [1.82, 2.24) is 14.8 Å². The maximum absolute atomic E-state index is 13.9. The molecule has 2 aliphatic rings. The molecule has 4 rings (SSSR count). The Morgan fingerprint density at radius 1 is 1.22 bits per heavy atom. The summed E-state index contributed by atoms with van der Waals surface area (Å²) >= 11 is 1.21. The van der Waals surface area contributed by atoms with Gasteiger partial charge in [-0.1, -0.05) is 6.07 Å². The van der Waals surface area contributed by atoms with Gasteiger partial charge in [0.1, 0.15) is 10.7 Å². The summed E-state index contributed by atoms with van der Waals surface area (Å²) in [7, 11) is 0. The Hall–Kier alpha value is -1.79. The first-order valence-electron chi connectivity index (χ1n) is 9.72. The highest BCUT2D eigenvalue weighted by atomic mass is 32.1. The number of pyridine rings is 1. The largest absolute Gasteiger partial charge is 0.337 e. The molecule has 6 heteroatoms. The molecule has 0 bridgehead atoms. The van der Waals surface area contributed by atoms with Crippen LogP contribution in [-0.2, 0) is 6.54 Å². The fraction of sp³-hybridized carbons (Fsp3) is 0.524. The van der Waals surface area contributed by atoms with E-state index in [9.17, 15) is 9.18 Å². The lowest BCUT2D eigenvalue weighted by molar-refractivity contribution is 0.0110. The maximum Gasteiger partial charge on any atom is 0.266 e. The molecule has 1 spiro atoms. The van der Waals surface area contributed by atoms with Crippen molar-refractivity contribution in [2.75, 3.05) is 26.2 Å². The Labute approximate surface area is 164 Å². The third-order valence-corrected chi connectivity index (χ3v) is 6.71. The van der Waals surface area contributed by atoms with E-state index in [-0.39, 0.29) is 22.0 Å². The van der Waals surface area contributed by atoms with Crippen molar-refractivity contribution in [3.63, 3.8) is 0 Å². The van der Waals surface area contributed by atoms with E-state index in [0.29, 0.717) is 0 Å². The van der Waals surface area contributed by atoms with Gasteiger partial charge in [0, 0.05) is 37.3 Å². The molecule has 4 nitrogen and oxygen atoms in total. The molecule has 2 aromatic rings. The van der Waals surface area contributed by atoms with Gasteiger partial charge in [-0.3, -0.25) is 14.7 Å². The molecule has 144 valence electrons. The number of halogens is 1. The molecule has 1 atom stereocenters. The average Bonchev–Trinajstić information content (AvgIpc) is 3.07. The highest BCUT2D eigenvalue weighted by Crippen LogP contribution is 2.39. The van der Waals surface area contributed by atoms with Gasteiger partial charge in [0.05, 0.1) is 5.69 Å². The molecule has 2 aliphatic heterocycles. The zero-order valence-electron chi connectivity index (χ0n) is 15.8. The number of aryl methyl sites for hydroxylation is 1. The molecule has 1 amide bonds. The number of carbonyl (C=O) groups excluding carboxylic acids is 1. The van der Waals surface area contributed by atoms with Gasteiger partial charge in [-0.15, -0.1) is 11.3 Å². The second-order valence-electron chi connectivity index (χ2n) is 8.01. The van der Waals surface area contributed by atoms with E-state index in [4.69, 9.17) is 0 Å². The normalized spacial score (nSPS) is 23.7. The van der Waals surface area contributed by atoms with Crippen LogP contribution in [0.25, 0.3) is 0 Å². The number of rotatable bonds is 3. The first-order valence-corrected chi connectivity index (χ1v) is 10.6. The molecule has 4 heterocycles. The average molecular weight is 388 g/mol. The number of amides is 1. The van der Waals surface area contributed by atoms with Crippen molar-refractivity contribution < 1.29 is 9.18 Å². The summed E-state index contributed by atoms with van der Waals surface area (Å²) in [6.07, 6.45) is 4.42. The maximum atomic E-state index is 13.9. The van der Waals surface area contributed by atoms with Crippen LogP contribution < -0.4 is 0 Å². The minimum absolute atomic E-state index is 0.129. The van der Waals surface area contributed by atoms with Crippen molar-refractivity contribution in [2.24, 2.45) is 5.41 Å². The smallest absolute Gasteiger partial charge is 0.266 e. The van der Waals surface area contributed by atoms with Crippen LogP contribution in [0.1, 0.15) is 46.7 Å². The van der Waals surface area contributed by atoms with E-state index in [2.05, 4.69) is 22.0 Å². The summed E-state index contributed by atoms with van der Waals surface area (Å²) in [4.78, 5) is 22.0. The fourth-order valence-corrected chi connectivity index (χ4v) is 5.40. The lowest BCUT2D eigenvalue weighted by Crippen LogP contribution is -2.53. The monoisotopic (exact) mass is 387 g/mol. The topological polar surface area (TPSA) is 36.4 Å². The molecule has 1 unspecified atom stereocenters. The van der Waals surface area contributed by atoms with Gasteiger partial charge in [0.2, 0.25) is 0 Å². The van der Waals surface area contributed by atoms with Crippen LogP contribution in [0.3, 0.4) is 0 Å². The van der Waals surface area contributed by atoms with Crippen molar-refractivity contribution >= 4 is 17.2 Å². The van der Waals surface area contributed by atoms with Crippen LogP contribution in [0.5, 0.6) is 0 Å². The van der Waals surface area contributed by atoms with Crippen LogP contribution in [0.4, 0.5) is 4.39 Å². The number of piperidine rings is 2. The zero-order chi connectivity index (χ0) is 18.9. The van der Waals surface area contributed by atoms with E-state index >= 15 is 0 Å². The number of carbonyl (C=O) groups is 1. The van der Waals surface area contributed by atoms with Crippen LogP contribution in [0.2, 0.25) is 0 Å². The Balaban J connectivity index is 1.45. The van der Waals surface area contributed by atoms with Crippen molar-refractivity contribution in [3.8, 4) is 0 Å². The minimum atomic E-state index is -0.389. The van der Waals surface area contributed by atoms with E-state index in [0.717, 1.165) is 69.8 Å². The van der Waals surface area contributed by atoms with Gasteiger partial charge in [0.15, 0.2) is 0 Å². The molecular weight excluding hydrogens is 361 g/mol. The second-order valence-corrected chi connectivity index (χ2v) is 8.93. The SMILES string of the molecule is Cc1cccc(CN2CCCC3(CCCN(C(=O)c4sccc4F)C3)C2)n1. The zero-order valence-corrected chi connectivity index (χ0v) is 16.6. The molecule has 2 fully saturated rings. The Morgan fingerprint density at radius 2 is 2.04 bits per heavy atom. The standard InChI is InChI=1S/C21H26FN3OS/c1-16-5-2-6-17(23-16)13-24-10-3-8-21(14-24)9-4-11-25(15-21)20(26)19-18(22)7-12-27-19/h2,5-7,12H,3-4,8-11,13-15H2,1H3. The predicted octanol–water partition coefficient (Wildman–Crippen LogP) is 4.11. The molecule has 0 aromatic carbocycles. The lowest BCUT2D eigenvalue weighted by atomic mass is 9.73. The van der Waals surface area contributed by atoms with E-state index < -0.39 is 0 Å². The number of aromatic nitrogens is 1. The highest BCUT2D eigenvalue weighted by Gasteiger charge is 2.41. The van der Waals surface area contributed by atoms with E-state index in [1.165, 1.54) is 17.4 Å². The highest BCUT2D eigenvalue weighted by molar-refractivity contribution is 7.12. The number of nitrogens with zero attached hydrogens (tertiary/aromatic N) is 3. The quantitative estimate of drug-likeness (QED) is 0.795. The molecule has 0 saturated carbocycles. The molecule has 2 aromatic heterocycles. The van der Waals surface area contributed by atoms with E-state index in [1.807, 2.05) is 17.9 Å². The first-order chi connectivity index (χ1) is 13.0. The van der Waals surface area contributed by atoms with E-state index in [1.54, 1.807) is 5.38 Å². The summed E-state index contributed by atoms with van der Waals surface area (Å²) in [5.74, 6) is -0.528. The second kappa shape index (κ2) is 7.68. The van der Waals surface area contributed by atoms with Gasteiger partial charge >= 0.3 is 0 Å². The van der Waals surface area contributed by atoms with Crippen molar-refractivity contribution in [2.45, 2.75) is 39.2 Å². The molecule has 2 saturated heterocycles. The van der Waals surface area contributed by atoms with Crippen LogP contribution in [0, 0.1) is 18.2 Å². The summed E-state index contributed by atoms with van der Waals surface area (Å²) in [5, 5.41) is 1.65. The minimum Gasteiger partial charge on any atom is -0.337 e. The lowest BCUT2D eigenvalue weighted by Gasteiger charge is -2.48. The predicted molar refractivity (Wildman–Crippen MR) is 105 cm³/mol. The van der Waals surface area contributed by atoms with Crippen LogP contribution >= 0.6 is 11.3 Å². The van der Waals surface area contributed by atoms with Gasteiger partial charge in [0.25, 0.3) is 5.91 Å². The van der Waals surface area contributed by atoms with Crippen molar-refractivity contribution in [1.29, 1.82) is 0 Å². The summed E-state index contributed by atoms with van der Waals surface area (Å²) < 4.78 is 13.9. The van der Waals surface area contributed by atoms with Gasteiger partial charge in [-0.2, -0.15) is 0 Å². The number of hydrogen-bond acceptors (Lipinski definition) is 4. The third-order valence-electron chi connectivity index (χ3n) is 5.83. The third kappa shape index (κ3) is 4.06. The summed E-state index contributed by atoms with van der Waals surface area (Å²) in [6, 6.07) is 7.56. The number of thiophene rings is 1. The van der Waals surface area contributed by atoms with Gasteiger partial charge < -0.3 is 4.90 Å². The van der Waals surface area contributed by atoms with Crippen LogP contribution in [-0.4, -0.2) is 46.9 Å². The van der Waals surface area contributed by atoms with Gasteiger partial charge in [-0.25, -0.2) is 4.39 Å². The molecule has 0 N–H and O–H groups in total. The Kier molecular flexibility index (Phi) is 5.28. The Bertz CT molecular complexity index is 819. The Morgan fingerprint density at radius 3 is 2.78 bits per heavy atom. The van der Waals surface area contributed by atoms with Crippen LogP contribution in [0.15, 0.2) is 29.6 Å². The summed E-state index contributed by atoms with van der Waals surface area (Å²) in [5.41, 5.74) is 2.28. The fourth-order valence-electron chi connectivity index (χ4n) is 4.67.